The van der Waals surface area contributed by atoms with E-state index in [9.17, 15) is 19.2 Å². The average molecular weight is 370 g/mol. The second kappa shape index (κ2) is 7.73. The number of benzene rings is 1. The molecule has 1 saturated heterocycles. The number of amides is 3. The first-order valence-corrected chi connectivity index (χ1v) is 8.91. The third-order valence-electron chi connectivity index (χ3n) is 5.15. The minimum Gasteiger partial charge on any atom is -0.465 e. The van der Waals surface area contributed by atoms with Crippen LogP contribution >= 0.6 is 0 Å². The maximum absolute atomic E-state index is 12.5. The Morgan fingerprint density at radius 2 is 1.67 bits per heavy atom. The monoisotopic (exact) mass is 370 g/mol. The summed E-state index contributed by atoms with van der Waals surface area (Å²) < 4.78 is 4.64. The number of ether oxygens (including phenoxy) is 1. The van der Waals surface area contributed by atoms with Crippen molar-refractivity contribution in [3.63, 3.8) is 0 Å². The number of likely N-dealkylation sites (tertiary alicyclic amines) is 1. The van der Waals surface area contributed by atoms with Crippen LogP contribution in [0.4, 0.5) is 0 Å². The number of carbonyl (C=O) groups is 4. The zero-order valence-electron chi connectivity index (χ0n) is 15.3. The minimum atomic E-state index is -0.857. The summed E-state index contributed by atoms with van der Waals surface area (Å²) in [6.07, 6.45) is 4.93. The number of hydrogen-bond donors (Lipinski definition) is 1. The van der Waals surface area contributed by atoms with Crippen LogP contribution in [0.1, 0.15) is 35.7 Å². The van der Waals surface area contributed by atoms with Crippen LogP contribution in [-0.4, -0.2) is 41.7 Å². The molecule has 1 aliphatic heterocycles. The van der Waals surface area contributed by atoms with Gasteiger partial charge in [0.2, 0.25) is 17.7 Å². The first kappa shape index (κ1) is 18.8. The highest BCUT2D eigenvalue weighted by Gasteiger charge is 2.49. The zero-order chi connectivity index (χ0) is 19.6. The van der Waals surface area contributed by atoms with E-state index < -0.39 is 12.0 Å². The highest BCUT2D eigenvalue weighted by Crippen LogP contribution is 2.36. The van der Waals surface area contributed by atoms with Crippen molar-refractivity contribution < 1.29 is 23.9 Å². The second-order valence-electron chi connectivity index (χ2n) is 6.78. The Balaban J connectivity index is 1.60. The lowest BCUT2D eigenvalue weighted by Gasteiger charge is -2.22. The number of esters is 1. The number of hydrogen-bond acceptors (Lipinski definition) is 5. The van der Waals surface area contributed by atoms with E-state index in [4.69, 9.17) is 0 Å². The van der Waals surface area contributed by atoms with Crippen molar-refractivity contribution >= 4 is 23.7 Å². The van der Waals surface area contributed by atoms with Gasteiger partial charge in [-0.15, -0.1) is 0 Å². The minimum absolute atomic E-state index is 0.231. The molecule has 142 valence electrons. The number of carbonyl (C=O) groups excluding carboxylic acids is 4. The predicted molar refractivity (Wildman–Crippen MR) is 96.3 cm³/mol. The maximum Gasteiger partial charge on any atom is 0.337 e. The van der Waals surface area contributed by atoms with Crippen LogP contribution in [0.5, 0.6) is 0 Å². The third-order valence-corrected chi connectivity index (χ3v) is 5.15. The smallest absolute Gasteiger partial charge is 0.337 e. The molecule has 1 fully saturated rings. The molecule has 0 unspecified atom stereocenters. The topological polar surface area (TPSA) is 92.8 Å². The molecule has 0 spiro atoms. The summed E-state index contributed by atoms with van der Waals surface area (Å²) in [5.41, 5.74) is 1.21. The average Bonchev–Trinajstić information content (AvgIpc) is 2.96. The Morgan fingerprint density at radius 3 is 2.19 bits per heavy atom. The Labute approximate surface area is 157 Å². The van der Waals surface area contributed by atoms with E-state index in [2.05, 4.69) is 10.1 Å². The molecule has 1 aromatic carbocycles. The van der Waals surface area contributed by atoms with Crippen molar-refractivity contribution in [3.8, 4) is 0 Å². The molecule has 1 N–H and O–H groups in total. The van der Waals surface area contributed by atoms with E-state index >= 15 is 0 Å². The summed E-state index contributed by atoms with van der Waals surface area (Å²) in [6.45, 7) is 1.80. The molecular weight excluding hydrogens is 348 g/mol. The molecule has 0 radical (unpaired) electrons. The fraction of sp³-hybridized carbons (Fsp3) is 0.400. The van der Waals surface area contributed by atoms with Crippen LogP contribution in [0.25, 0.3) is 0 Å². The van der Waals surface area contributed by atoms with Crippen molar-refractivity contribution in [2.45, 2.75) is 32.4 Å². The Kier molecular flexibility index (Phi) is 5.39. The van der Waals surface area contributed by atoms with E-state index in [1.54, 1.807) is 31.2 Å². The van der Waals surface area contributed by atoms with Gasteiger partial charge < -0.3 is 10.1 Å². The largest absolute Gasteiger partial charge is 0.465 e. The Morgan fingerprint density at radius 1 is 1.11 bits per heavy atom. The van der Waals surface area contributed by atoms with Crippen LogP contribution in [-0.2, 0) is 25.7 Å². The molecule has 7 nitrogen and oxygen atoms in total. The molecule has 0 aromatic heterocycles. The van der Waals surface area contributed by atoms with Gasteiger partial charge in [-0.2, -0.15) is 0 Å². The lowest BCUT2D eigenvalue weighted by molar-refractivity contribution is -0.147. The van der Waals surface area contributed by atoms with Crippen LogP contribution in [0.3, 0.4) is 0 Å². The van der Waals surface area contributed by atoms with E-state index in [0.29, 0.717) is 18.4 Å². The molecular formula is C20H22N2O5. The first-order chi connectivity index (χ1) is 12.9. The van der Waals surface area contributed by atoms with Gasteiger partial charge in [0, 0.05) is 6.54 Å². The molecule has 3 amide bonds. The van der Waals surface area contributed by atoms with Crippen molar-refractivity contribution in [1.29, 1.82) is 0 Å². The van der Waals surface area contributed by atoms with Gasteiger partial charge in [-0.1, -0.05) is 24.3 Å². The molecule has 1 heterocycles. The number of methoxy groups -OCH3 is 1. The van der Waals surface area contributed by atoms with Crippen LogP contribution in [0, 0.1) is 11.8 Å². The van der Waals surface area contributed by atoms with Gasteiger partial charge in [0.25, 0.3) is 0 Å². The van der Waals surface area contributed by atoms with Crippen LogP contribution < -0.4 is 5.32 Å². The van der Waals surface area contributed by atoms with E-state index in [0.717, 1.165) is 10.5 Å². The molecule has 2 aliphatic rings. The molecule has 3 rings (SSSR count). The molecule has 1 aromatic rings. The van der Waals surface area contributed by atoms with Crippen molar-refractivity contribution in [2.75, 3.05) is 7.11 Å². The normalized spacial score (nSPS) is 22.4. The van der Waals surface area contributed by atoms with E-state index in [-0.39, 0.29) is 36.1 Å². The van der Waals surface area contributed by atoms with Gasteiger partial charge in [0.1, 0.15) is 6.04 Å². The number of imide groups is 1. The Bertz CT molecular complexity index is 773. The SMILES string of the molecule is COC(=O)c1ccc(CNC(=O)[C@H](C)N2C(=O)[C@H]3CC=CC[C@@H]3C2=O)cc1. The van der Waals surface area contributed by atoms with Crippen molar-refractivity contribution in [3.05, 3.63) is 47.5 Å². The standard InChI is InChI=1S/C20H22N2O5/c1-12(22-18(24)15-5-3-4-6-16(15)19(22)25)17(23)21-11-13-7-9-14(10-8-13)20(26)27-2/h3-4,7-10,12,15-16H,5-6,11H2,1-2H3,(H,21,23)/t12-,15-,16-/m0/s1. The summed E-state index contributed by atoms with van der Waals surface area (Å²) in [5.74, 6) is -2.03. The molecule has 3 atom stereocenters. The molecule has 7 heteroatoms. The number of rotatable bonds is 5. The lowest BCUT2D eigenvalue weighted by Crippen LogP contribution is -2.48. The Hall–Kier alpha value is -2.96. The summed E-state index contributed by atoms with van der Waals surface area (Å²) in [5, 5.41) is 2.74. The molecule has 0 bridgehead atoms. The summed E-state index contributed by atoms with van der Waals surface area (Å²) in [6, 6.07) is 5.79. The van der Waals surface area contributed by atoms with Gasteiger partial charge in [0.05, 0.1) is 24.5 Å². The second-order valence-corrected chi connectivity index (χ2v) is 6.78. The summed E-state index contributed by atoms with van der Waals surface area (Å²) in [4.78, 5) is 50.1. The highest BCUT2D eigenvalue weighted by atomic mass is 16.5. The fourth-order valence-electron chi connectivity index (χ4n) is 3.54. The zero-order valence-corrected chi connectivity index (χ0v) is 15.3. The quantitative estimate of drug-likeness (QED) is 0.481. The van der Waals surface area contributed by atoms with Crippen molar-refractivity contribution in [1.82, 2.24) is 10.2 Å². The van der Waals surface area contributed by atoms with Gasteiger partial charge in [-0.05, 0) is 37.5 Å². The summed E-state index contributed by atoms with van der Waals surface area (Å²) >= 11 is 0. The predicted octanol–water partition coefficient (Wildman–Crippen LogP) is 1.43. The molecule has 1 aliphatic carbocycles. The van der Waals surface area contributed by atoms with Gasteiger partial charge in [-0.25, -0.2) is 4.79 Å². The van der Waals surface area contributed by atoms with Gasteiger partial charge >= 0.3 is 5.97 Å². The maximum atomic E-state index is 12.5. The molecule has 0 saturated carbocycles. The number of nitrogens with one attached hydrogen (secondary N) is 1. The van der Waals surface area contributed by atoms with Crippen LogP contribution in [0.15, 0.2) is 36.4 Å². The third kappa shape index (κ3) is 3.63. The van der Waals surface area contributed by atoms with Crippen LogP contribution in [0.2, 0.25) is 0 Å². The lowest BCUT2D eigenvalue weighted by atomic mass is 9.85. The van der Waals surface area contributed by atoms with Gasteiger partial charge in [-0.3, -0.25) is 19.3 Å². The number of fused-ring (bicyclic) bond motifs is 1. The van der Waals surface area contributed by atoms with Gasteiger partial charge in [0.15, 0.2) is 0 Å². The number of nitrogens with zero attached hydrogens (tertiary/aromatic N) is 1. The van der Waals surface area contributed by atoms with Crippen molar-refractivity contribution in [2.24, 2.45) is 11.8 Å². The first-order valence-electron chi connectivity index (χ1n) is 8.91. The number of allylic oxidation sites excluding steroid dienone is 2. The molecule has 27 heavy (non-hydrogen) atoms. The van der Waals surface area contributed by atoms with E-state index in [1.165, 1.54) is 7.11 Å². The fourth-order valence-corrected chi connectivity index (χ4v) is 3.54. The van der Waals surface area contributed by atoms with E-state index in [1.807, 2.05) is 12.2 Å². The highest BCUT2D eigenvalue weighted by molar-refractivity contribution is 6.08. The summed E-state index contributed by atoms with van der Waals surface area (Å²) in [7, 11) is 1.31.